The summed E-state index contributed by atoms with van der Waals surface area (Å²) in [7, 11) is 0. The summed E-state index contributed by atoms with van der Waals surface area (Å²) in [4.78, 5) is 27.3. The highest BCUT2D eigenvalue weighted by atomic mass is 35.5. The fourth-order valence-electron chi connectivity index (χ4n) is 6.91. The van der Waals surface area contributed by atoms with Gasteiger partial charge in [0.2, 0.25) is 0 Å². The Morgan fingerprint density at radius 1 is 1.21 bits per heavy atom. The predicted molar refractivity (Wildman–Crippen MR) is 144 cm³/mol. The van der Waals surface area contributed by atoms with E-state index in [1.165, 1.54) is 38.0 Å². The number of phenols is 1. The van der Waals surface area contributed by atoms with E-state index in [0.717, 1.165) is 12.1 Å². The van der Waals surface area contributed by atoms with E-state index < -0.39 is 29.0 Å². The lowest BCUT2D eigenvalue weighted by molar-refractivity contribution is -0.153. The van der Waals surface area contributed by atoms with Crippen LogP contribution >= 0.6 is 11.6 Å². The van der Waals surface area contributed by atoms with Crippen LogP contribution in [0.4, 0.5) is 5.69 Å². The van der Waals surface area contributed by atoms with Gasteiger partial charge in [-0.2, -0.15) is 0 Å². The lowest BCUT2D eigenvalue weighted by Crippen LogP contribution is -2.73. The Kier molecular flexibility index (Phi) is 5.91. The number of aromatic hydroxyl groups is 1. The van der Waals surface area contributed by atoms with Crippen LogP contribution in [0.3, 0.4) is 0 Å². The van der Waals surface area contributed by atoms with Gasteiger partial charge >= 0.3 is 5.97 Å². The number of piperidine rings is 1. The summed E-state index contributed by atoms with van der Waals surface area (Å²) in [6, 6.07) is 7.21. The van der Waals surface area contributed by atoms with Crippen molar-refractivity contribution < 1.29 is 34.8 Å². The van der Waals surface area contributed by atoms with Crippen LogP contribution in [0.15, 0.2) is 41.7 Å². The Bertz CT molecular complexity index is 1430. The van der Waals surface area contributed by atoms with Gasteiger partial charge in [-0.25, -0.2) is 4.79 Å². The van der Waals surface area contributed by atoms with Crippen molar-refractivity contribution in [2.45, 2.75) is 62.7 Å². The maximum atomic E-state index is 13.3. The second-order valence-electron chi connectivity index (χ2n) is 11.4. The fourth-order valence-corrected chi connectivity index (χ4v) is 7.08. The molecule has 2 aliphatic heterocycles. The maximum absolute atomic E-state index is 13.3. The van der Waals surface area contributed by atoms with Gasteiger partial charge in [0.25, 0.3) is 5.91 Å². The molecule has 1 spiro atoms. The number of nitrogens with zero attached hydrogens (tertiary/aromatic N) is 1. The number of benzene rings is 2. The minimum atomic E-state index is -1.34. The molecule has 5 N–H and O–H groups in total. The molecule has 2 aromatic carbocycles. The Labute approximate surface area is 230 Å². The second kappa shape index (κ2) is 8.87. The van der Waals surface area contributed by atoms with Gasteiger partial charge in [0.05, 0.1) is 27.8 Å². The molecular weight excluding hydrogens is 524 g/mol. The molecule has 1 saturated heterocycles. The predicted octanol–water partition coefficient (Wildman–Crippen LogP) is 4.00. The summed E-state index contributed by atoms with van der Waals surface area (Å²) in [5.74, 6) is -1.62. The van der Waals surface area contributed by atoms with E-state index >= 15 is 0 Å². The van der Waals surface area contributed by atoms with E-state index in [0.29, 0.717) is 30.9 Å². The Hall–Kier alpha value is -3.27. The van der Waals surface area contributed by atoms with E-state index in [1.54, 1.807) is 13.0 Å². The molecular formula is C29H31ClN2O7. The first-order chi connectivity index (χ1) is 18.5. The molecule has 2 fully saturated rings. The molecule has 2 bridgehead atoms. The van der Waals surface area contributed by atoms with Gasteiger partial charge in [-0.1, -0.05) is 17.7 Å². The Balaban J connectivity index is 1.41. The number of fused-ring (bicyclic) bond motifs is 1. The monoisotopic (exact) mass is 554 g/mol. The molecule has 0 aromatic heterocycles. The number of hydrogen-bond donors (Lipinski definition) is 5. The van der Waals surface area contributed by atoms with Crippen molar-refractivity contribution in [2.24, 2.45) is 5.92 Å². The third-order valence-electron chi connectivity index (χ3n) is 9.18. The highest BCUT2D eigenvalue weighted by molar-refractivity contribution is 6.31. The number of aromatic carboxylic acids is 1. The molecule has 0 radical (unpaired) electrons. The summed E-state index contributed by atoms with van der Waals surface area (Å²) < 4.78 is 6.24. The van der Waals surface area contributed by atoms with Crippen molar-refractivity contribution in [3.05, 3.63) is 63.4 Å². The quantitative estimate of drug-likeness (QED) is 0.267. The number of phenolic OH excluding ortho intramolecular Hbond substituents is 1. The number of likely N-dealkylation sites (tertiary alicyclic amines) is 1. The molecule has 4 aliphatic rings. The third kappa shape index (κ3) is 3.82. The number of ether oxygens (including phenoxy) is 1. The SMILES string of the molecule is C/C(C(=O)Nc1cc(Cl)ccc1C(=O)O)=C(/O)[C@@H]1Oc2c(O)ccc3c2[C@@]12CCN(CC1CC1)[C@H](C3)[C@@]2(C)O. The smallest absolute Gasteiger partial charge is 0.337 e. The van der Waals surface area contributed by atoms with Gasteiger partial charge in [0.1, 0.15) is 5.76 Å². The summed E-state index contributed by atoms with van der Waals surface area (Å²) in [5.41, 5.74) is -1.08. The minimum absolute atomic E-state index is 0.0148. The van der Waals surface area contributed by atoms with E-state index in [1.807, 2.05) is 6.07 Å². The van der Waals surface area contributed by atoms with Crippen molar-refractivity contribution in [2.75, 3.05) is 18.4 Å². The normalized spacial score (nSPS) is 29.7. The first-order valence-corrected chi connectivity index (χ1v) is 13.6. The maximum Gasteiger partial charge on any atom is 0.337 e. The van der Waals surface area contributed by atoms with Crippen molar-refractivity contribution >= 4 is 29.2 Å². The molecule has 2 aromatic rings. The van der Waals surface area contributed by atoms with Gasteiger partial charge in [0.15, 0.2) is 17.6 Å². The topological polar surface area (TPSA) is 140 Å². The standard InChI is InChI=1S/C29H31ClN2O7/c1-14(26(35)31-19-12-17(30)6-7-18(19)27(36)37)23(34)25-29-9-10-32(13-15-3-4-15)21(28(29,2)38)11-16-5-8-20(33)24(39-25)22(16)29/h5-8,12,15,21,25,33-34,38H,3-4,9-11,13H2,1-2H3,(H,31,35)(H,36,37)/b23-14-/t21-,25+,28-,29+/m1/s1. The lowest BCUT2D eigenvalue weighted by atomic mass is 9.53. The van der Waals surface area contributed by atoms with Crippen LogP contribution in [0.1, 0.15) is 54.6 Å². The average molecular weight is 555 g/mol. The van der Waals surface area contributed by atoms with Gasteiger partial charge < -0.3 is 30.5 Å². The molecule has 0 unspecified atom stereocenters. The molecule has 39 heavy (non-hydrogen) atoms. The molecule has 10 heteroatoms. The lowest BCUT2D eigenvalue weighted by Gasteiger charge is -2.59. The van der Waals surface area contributed by atoms with Gasteiger partial charge in [-0.15, -0.1) is 0 Å². The fraction of sp³-hybridized carbons (Fsp3) is 0.448. The van der Waals surface area contributed by atoms with E-state index in [9.17, 15) is 30.0 Å². The number of carboxylic acids is 1. The van der Waals surface area contributed by atoms with Crippen LogP contribution in [-0.2, 0) is 16.6 Å². The summed E-state index contributed by atoms with van der Waals surface area (Å²) in [6.07, 6.45) is 2.27. The second-order valence-corrected chi connectivity index (χ2v) is 11.9. The Morgan fingerprint density at radius 2 is 1.95 bits per heavy atom. The van der Waals surface area contributed by atoms with Crippen molar-refractivity contribution in [1.29, 1.82) is 0 Å². The van der Waals surface area contributed by atoms with E-state index in [4.69, 9.17) is 16.3 Å². The highest BCUT2D eigenvalue weighted by Gasteiger charge is 2.69. The van der Waals surface area contributed by atoms with Crippen molar-refractivity contribution in [1.82, 2.24) is 4.90 Å². The van der Waals surface area contributed by atoms with Crippen molar-refractivity contribution in [3.8, 4) is 11.5 Å². The number of carbonyl (C=O) groups is 2. The molecule has 1 amide bonds. The molecule has 4 atom stereocenters. The first kappa shape index (κ1) is 26.0. The number of aliphatic hydroxyl groups is 2. The zero-order chi connectivity index (χ0) is 27.9. The molecule has 2 aliphatic carbocycles. The van der Waals surface area contributed by atoms with E-state index in [2.05, 4.69) is 10.2 Å². The number of nitrogens with one attached hydrogen (secondary N) is 1. The number of carbonyl (C=O) groups excluding carboxylic acids is 1. The summed E-state index contributed by atoms with van der Waals surface area (Å²) in [5, 5.41) is 46.9. The largest absolute Gasteiger partial charge is 0.508 e. The number of rotatable bonds is 6. The van der Waals surface area contributed by atoms with Crippen LogP contribution in [-0.4, -0.2) is 68.0 Å². The van der Waals surface area contributed by atoms with Crippen LogP contribution in [0, 0.1) is 5.92 Å². The molecule has 1 saturated carbocycles. The minimum Gasteiger partial charge on any atom is -0.508 e. The number of hydrogen-bond acceptors (Lipinski definition) is 7. The number of anilines is 1. The summed E-state index contributed by atoms with van der Waals surface area (Å²) >= 11 is 6.03. The average Bonchev–Trinajstić information content (AvgIpc) is 3.62. The number of carboxylic acid groups (broad SMARTS) is 1. The first-order valence-electron chi connectivity index (χ1n) is 13.2. The zero-order valence-electron chi connectivity index (χ0n) is 21.7. The van der Waals surface area contributed by atoms with Crippen LogP contribution < -0.4 is 10.1 Å². The highest BCUT2D eigenvalue weighted by Crippen LogP contribution is 2.63. The third-order valence-corrected chi connectivity index (χ3v) is 9.41. The molecule has 9 nitrogen and oxygen atoms in total. The molecule has 6 rings (SSSR count). The van der Waals surface area contributed by atoms with Gasteiger partial charge in [0, 0.05) is 23.2 Å². The van der Waals surface area contributed by atoms with Crippen molar-refractivity contribution in [3.63, 3.8) is 0 Å². The number of amides is 1. The number of aliphatic hydroxyl groups excluding tert-OH is 1. The molecule has 2 heterocycles. The summed E-state index contributed by atoms with van der Waals surface area (Å²) in [6.45, 7) is 4.76. The Morgan fingerprint density at radius 3 is 2.64 bits per heavy atom. The van der Waals surface area contributed by atoms with Gasteiger partial charge in [-0.05, 0) is 81.8 Å². The number of halogens is 1. The van der Waals surface area contributed by atoms with Crippen LogP contribution in [0.5, 0.6) is 11.5 Å². The van der Waals surface area contributed by atoms with E-state index in [-0.39, 0.29) is 45.1 Å². The van der Waals surface area contributed by atoms with Crippen LogP contribution in [0.2, 0.25) is 5.02 Å². The zero-order valence-corrected chi connectivity index (χ0v) is 22.5. The molecule has 206 valence electrons. The van der Waals surface area contributed by atoms with Gasteiger partial charge in [-0.3, -0.25) is 9.69 Å². The van der Waals surface area contributed by atoms with Crippen LogP contribution in [0.25, 0.3) is 0 Å².